The normalized spacial score (nSPS) is 13.3. The molecule has 0 aliphatic heterocycles. The van der Waals surface area contributed by atoms with Crippen LogP contribution in [0.5, 0.6) is 0 Å². The van der Waals surface area contributed by atoms with Gasteiger partial charge in [0.25, 0.3) is 6.43 Å². The second-order valence-corrected chi connectivity index (χ2v) is 3.35. The van der Waals surface area contributed by atoms with Crippen molar-refractivity contribution in [2.45, 2.75) is 18.9 Å². The molecule has 0 fully saturated rings. The summed E-state index contributed by atoms with van der Waals surface area (Å²) in [6.07, 6.45) is -0.261. The quantitative estimate of drug-likeness (QED) is 0.412. The lowest BCUT2D eigenvalue weighted by atomic mass is 10.1. The van der Waals surface area contributed by atoms with Crippen molar-refractivity contribution in [3.63, 3.8) is 0 Å². The second kappa shape index (κ2) is 6.51. The molecular weight excluding hydrogens is 218 g/mol. The van der Waals surface area contributed by atoms with Gasteiger partial charge in [0.1, 0.15) is 6.61 Å². The first-order valence-electron chi connectivity index (χ1n) is 4.95. The van der Waals surface area contributed by atoms with E-state index >= 15 is 0 Å². The van der Waals surface area contributed by atoms with Gasteiger partial charge in [0.15, 0.2) is 0 Å². The third-order valence-corrected chi connectivity index (χ3v) is 2.21. The van der Waals surface area contributed by atoms with Crippen molar-refractivity contribution in [3.05, 3.63) is 18.0 Å². The van der Waals surface area contributed by atoms with E-state index in [0.29, 0.717) is 6.42 Å². The van der Waals surface area contributed by atoms with E-state index in [9.17, 15) is 8.78 Å². The van der Waals surface area contributed by atoms with Gasteiger partial charge < -0.3 is 4.74 Å². The fourth-order valence-corrected chi connectivity index (χ4v) is 1.42. The summed E-state index contributed by atoms with van der Waals surface area (Å²) in [6, 6.07) is 1.67. The molecule has 0 saturated carbocycles. The molecule has 0 bridgehead atoms. The number of nitrogens with two attached hydrogens (primary N) is 1. The molecule has 1 atom stereocenters. The Balaban J connectivity index is 2.36. The van der Waals surface area contributed by atoms with Crippen molar-refractivity contribution in [1.29, 1.82) is 0 Å². The van der Waals surface area contributed by atoms with Crippen LogP contribution >= 0.6 is 0 Å². The number of aromatic nitrogens is 2. The lowest BCUT2D eigenvalue weighted by Gasteiger charge is -2.16. The van der Waals surface area contributed by atoms with Gasteiger partial charge in [-0.25, -0.2) is 8.78 Å². The molecule has 1 rings (SSSR count). The van der Waals surface area contributed by atoms with Crippen LogP contribution in [0, 0.1) is 0 Å². The van der Waals surface area contributed by atoms with Gasteiger partial charge in [-0.15, -0.1) is 0 Å². The molecule has 0 radical (unpaired) electrons. The van der Waals surface area contributed by atoms with E-state index in [2.05, 4.69) is 10.5 Å². The molecule has 1 unspecified atom stereocenters. The topological polar surface area (TPSA) is 65.1 Å². The summed E-state index contributed by atoms with van der Waals surface area (Å²) in [5.74, 6) is 5.38. The Morgan fingerprint density at radius 1 is 1.62 bits per heavy atom. The molecule has 0 spiro atoms. The summed E-state index contributed by atoms with van der Waals surface area (Å²) < 4.78 is 30.1. The van der Waals surface area contributed by atoms with E-state index in [1.807, 2.05) is 6.07 Å². The van der Waals surface area contributed by atoms with Crippen molar-refractivity contribution in [1.82, 2.24) is 15.2 Å². The molecule has 1 aromatic rings. The number of aryl methyl sites for hydroxylation is 1. The largest absolute Gasteiger partial charge is 0.375 e. The molecule has 1 heterocycles. The van der Waals surface area contributed by atoms with E-state index in [0.717, 1.165) is 5.69 Å². The van der Waals surface area contributed by atoms with E-state index in [1.165, 1.54) is 0 Å². The number of nitrogens with zero attached hydrogens (tertiary/aromatic N) is 2. The Kier molecular flexibility index (Phi) is 5.30. The first kappa shape index (κ1) is 13.0. The van der Waals surface area contributed by atoms with Crippen LogP contribution in [0.2, 0.25) is 0 Å². The zero-order valence-electron chi connectivity index (χ0n) is 9.07. The minimum atomic E-state index is -2.43. The van der Waals surface area contributed by atoms with Crippen LogP contribution in [0.1, 0.15) is 18.2 Å². The number of ether oxygens (including phenoxy) is 1. The Morgan fingerprint density at radius 3 is 2.88 bits per heavy atom. The summed E-state index contributed by atoms with van der Waals surface area (Å²) in [5, 5.41) is 4.00. The van der Waals surface area contributed by atoms with Gasteiger partial charge in [-0.05, 0) is 12.5 Å². The van der Waals surface area contributed by atoms with Crippen LogP contribution < -0.4 is 11.3 Å². The number of nitrogens with one attached hydrogen (secondary N) is 1. The number of rotatable bonds is 7. The molecule has 5 nitrogen and oxygen atoms in total. The number of hydrazine groups is 1. The van der Waals surface area contributed by atoms with Gasteiger partial charge in [0.2, 0.25) is 0 Å². The molecule has 0 amide bonds. The fourth-order valence-electron chi connectivity index (χ4n) is 1.42. The van der Waals surface area contributed by atoms with E-state index in [1.54, 1.807) is 17.9 Å². The molecule has 3 N–H and O–H groups in total. The van der Waals surface area contributed by atoms with Crippen LogP contribution in [0.3, 0.4) is 0 Å². The van der Waals surface area contributed by atoms with Crippen LogP contribution in [0.15, 0.2) is 12.3 Å². The molecule has 0 saturated heterocycles. The van der Waals surface area contributed by atoms with Crippen molar-refractivity contribution in [2.75, 3.05) is 13.2 Å². The smallest absolute Gasteiger partial charge is 0.261 e. The molecule has 92 valence electrons. The molecule has 7 heteroatoms. The molecule has 0 aliphatic carbocycles. The van der Waals surface area contributed by atoms with Crippen LogP contribution in [0.4, 0.5) is 8.78 Å². The average molecular weight is 234 g/mol. The Labute approximate surface area is 92.5 Å². The first-order valence-corrected chi connectivity index (χ1v) is 4.95. The van der Waals surface area contributed by atoms with E-state index in [4.69, 9.17) is 10.6 Å². The summed E-state index contributed by atoms with van der Waals surface area (Å²) in [6.45, 7) is -0.312. The SMILES string of the molecule is Cn1nccc1C(CCOCC(F)F)NN. The van der Waals surface area contributed by atoms with Crippen molar-refractivity contribution >= 4 is 0 Å². The lowest BCUT2D eigenvalue weighted by Crippen LogP contribution is -2.30. The summed E-state index contributed by atoms with van der Waals surface area (Å²) in [7, 11) is 1.79. The fraction of sp³-hybridized carbons (Fsp3) is 0.667. The zero-order chi connectivity index (χ0) is 12.0. The first-order chi connectivity index (χ1) is 7.65. The number of halogens is 2. The molecule has 1 aromatic heterocycles. The van der Waals surface area contributed by atoms with Crippen molar-refractivity contribution in [3.8, 4) is 0 Å². The molecule has 0 aromatic carbocycles. The third-order valence-electron chi connectivity index (χ3n) is 2.21. The maximum atomic E-state index is 11.8. The predicted molar refractivity (Wildman–Crippen MR) is 54.7 cm³/mol. The lowest BCUT2D eigenvalue weighted by molar-refractivity contribution is 0.0142. The van der Waals surface area contributed by atoms with Crippen LogP contribution in [-0.2, 0) is 11.8 Å². The second-order valence-electron chi connectivity index (χ2n) is 3.35. The highest BCUT2D eigenvalue weighted by Crippen LogP contribution is 2.14. The highest BCUT2D eigenvalue weighted by Gasteiger charge is 2.13. The van der Waals surface area contributed by atoms with Gasteiger partial charge in [-0.1, -0.05) is 0 Å². The summed E-state index contributed by atoms with van der Waals surface area (Å²) >= 11 is 0. The van der Waals surface area contributed by atoms with Crippen molar-refractivity contribution in [2.24, 2.45) is 12.9 Å². The minimum Gasteiger partial charge on any atom is -0.375 e. The molecular formula is C9H16F2N4O. The molecule has 16 heavy (non-hydrogen) atoms. The highest BCUT2D eigenvalue weighted by atomic mass is 19.3. The van der Waals surface area contributed by atoms with Gasteiger partial charge in [-0.2, -0.15) is 5.10 Å². The number of alkyl halides is 2. The zero-order valence-corrected chi connectivity index (χ0v) is 9.07. The predicted octanol–water partition coefficient (Wildman–Crippen LogP) is 0.596. The van der Waals surface area contributed by atoms with E-state index in [-0.39, 0.29) is 12.6 Å². The third kappa shape index (κ3) is 3.84. The van der Waals surface area contributed by atoms with Gasteiger partial charge in [0.05, 0.1) is 11.7 Å². The van der Waals surface area contributed by atoms with Gasteiger partial charge in [0, 0.05) is 19.9 Å². The average Bonchev–Trinajstić information content (AvgIpc) is 2.65. The standard InChI is InChI=1S/C9H16F2N4O/c1-15-8(2-4-13-15)7(14-12)3-5-16-6-9(10)11/h2,4,7,9,14H,3,5-6,12H2,1H3. The minimum absolute atomic E-state index is 0.148. The molecule has 0 aliphatic rings. The number of hydrogen-bond acceptors (Lipinski definition) is 4. The Hall–Kier alpha value is -1.05. The Bertz CT molecular complexity index is 305. The monoisotopic (exact) mass is 234 g/mol. The summed E-state index contributed by atoms with van der Waals surface area (Å²) in [5.41, 5.74) is 3.50. The maximum absolute atomic E-state index is 11.8. The van der Waals surface area contributed by atoms with Crippen LogP contribution in [0.25, 0.3) is 0 Å². The van der Waals surface area contributed by atoms with Crippen molar-refractivity contribution < 1.29 is 13.5 Å². The van der Waals surface area contributed by atoms with Crippen LogP contribution in [-0.4, -0.2) is 29.4 Å². The van der Waals surface area contributed by atoms with Gasteiger partial charge in [-0.3, -0.25) is 16.0 Å². The Morgan fingerprint density at radius 2 is 2.38 bits per heavy atom. The number of hydrogen-bond donors (Lipinski definition) is 2. The van der Waals surface area contributed by atoms with Gasteiger partial charge >= 0.3 is 0 Å². The van der Waals surface area contributed by atoms with E-state index < -0.39 is 13.0 Å². The highest BCUT2D eigenvalue weighted by molar-refractivity contribution is 5.05. The summed E-state index contributed by atoms with van der Waals surface area (Å²) in [4.78, 5) is 0. The maximum Gasteiger partial charge on any atom is 0.261 e.